The van der Waals surface area contributed by atoms with Crippen LogP contribution in [0, 0.1) is 10.1 Å². The standard InChI is InChI=1S/C16H7F6N3O4/c17-15(18,19)9-6-10-12(11(7-9)25(27)28)23-14(16(20,21)22)24(10)29-13(26)8-4-2-1-3-5-8/h1-7H. The number of alkyl halides is 6. The Morgan fingerprint density at radius 3 is 2.17 bits per heavy atom. The Hall–Kier alpha value is -3.64. The first-order valence-corrected chi connectivity index (χ1v) is 7.52. The second-order valence-corrected chi connectivity index (χ2v) is 5.59. The fourth-order valence-electron chi connectivity index (χ4n) is 2.42. The van der Waals surface area contributed by atoms with Gasteiger partial charge in [-0.1, -0.05) is 18.2 Å². The van der Waals surface area contributed by atoms with E-state index in [9.17, 15) is 41.3 Å². The van der Waals surface area contributed by atoms with Crippen LogP contribution in [-0.2, 0) is 12.4 Å². The highest BCUT2D eigenvalue weighted by Crippen LogP contribution is 2.38. The maximum absolute atomic E-state index is 13.3. The molecule has 0 bridgehead atoms. The lowest BCUT2D eigenvalue weighted by molar-refractivity contribution is -0.383. The van der Waals surface area contributed by atoms with Crippen molar-refractivity contribution in [2.45, 2.75) is 12.4 Å². The van der Waals surface area contributed by atoms with Crippen molar-refractivity contribution in [1.82, 2.24) is 9.71 Å². The average Bonchev–Trinajstić information content (AvgIpc) is 2.99. The molecule has 0 amide bonds. The summed E-state index contributed by atoms with van der Waals surface area (Å²) in [6, 6.07) is 6.88. The molecular weight excluding hydrogens is 412 g/mol. The van der Waals surface area contributed by atoms with Gasteiger partial charge in [0.05, 0.1) is 16.1 Å². The van der Waals surface area contributed by atoms with Crippen molar-refractivity contribution in [1.29, 1.82) is 0 Å². The molecule has 0 saturated heterocycles. The summed E-state index contributed by atoms with van der Waals surface area (Å²) >= 11 is 0. The zero-order valence-electron chi connectivity index (χ0n) is 13.8. The third kappa shape index (κ3) is 3.83. The second kappa shape index (κ2) is 6.76. The van der Waals surface area contributed by atoms with E-state index >= 15 is 0 Å². The Bertz CT molecular complexity index is 1110. The van der Waals surface area contributed by atoms with Crippen molar-refractivity contribution in [3.8, 4) is 0 Å². The van der Waals surface area contributed by atoms with Gasteiger partial charge in [0, 0.05) is 6.07 Å². The van der Waals surface area contributed by atoms with Crippen LogP contribution < -0.4 is 4.84 Å². The highest BCUT2D eigenvalue weighted by atomic mass is 19.4. The van der Waals surface area contributed by atoms with Gasteiger partial charge in [-0.3, -0.25) is 10.1 Å². The van der Waals surface area contributed by atoms with Gasteiger partial charge in [0.25, 0.3) is 11.5 Å². The van der Waals surface area contributed by atoms with Gasteiger partial charge in [-0.25, -0.2) is 9.78 Å². The number of hydrogen-bond donors (Lipinski definition) is 0. The van der Waals surface area contributed by atoms with Gasteiger partial charge in [0.1, 0.15) is 5.52 Å². The van der Waals surface area contributed by atoms with Crippen LogP contribution in [-0.4, -0.2) is 20.6 Å². The minimum Gasteiger partial charge on any atom is -0.329 e. The minimum atomic E-state index is -5.29. The highest BCUT2D eigenvalue weighted by Gasteiger charge is 2.42. The van der Waals surface area contributed by atoms with Crippen LogP contribution in [0.25, 0.3) is 11.0 Å². The molecule has 2 aromatic carbocycles. The minimum absolute atomic E-state index is 0.0544. The molecule has 1 heterocycles. The fourth-order valence-corrected chi connectivity index (χ4v) is 2.42. The monoisotopic (exact) mass is 419 g/mol. The predicted molar refractivity (Wildman–Crippen MR) is 83.7 cm³/mol. The van der Waals surface area contributed by atoms with E-state index in [1.807, 2.05) is 0 Å². The number of rotatable bonds is 3. The summed E-state index contributed by atoms with van der Waals surface area (Å²) in [7, 11) is 0. The van der Waals surface area contributed by atoms with E-state index in [0.717, 1.165) is 0 Å². The van der Waals surface area contributed by atoms with Crippen molar-refractivity contribution in [3.05, 3.63) is 69.5 Å². The first-order chi connectivity index (χ1) is 13.4. The summed E-state index contributed by atoms with van der Waals surface area (Å²) in [5.74, 6) is -3.27. The summed E-state index contributed by atoms with van der Waals surface area (Å²) in [6.07, 6.45) is -10.4. The molecular formula is C16H7F6N3O4. The van der Waals surface area contributed by atoms with Gasteiger partial charge in [0.2, 0.25) is 0 Å². The largest absolute Gasteiger partial charge is 0.453 e. The molecule has 0 aliphatic rings. The lowest BCUT2D eigenvalue weighted by atomic mass is 10.1. The van der Waals surface area contributed by atoms with E-state index in [0.29, 0.717) is 0 Å². The lowest BCUT2D eigenvalue weighted by Crippen LogP contribution is -2.25. The lowest BCUT2D eigenvalue weighted by Gasteiger charge is -2.12. The fraction of sp³-hybridized carbons (Fsp3) is 0.125. The Kier molecular flexibility index (Phi) is 4.68. The molecule has 0 atom stereocenters. The highest BCUT2D eigenvalue weighted by molar-refractivity contribution is 5.91. The number of aromatic nitrogens is 2. The Morgan fingerprint density at radius 1 is 1.03 bits per heavy atom. The van der Waals surface area contributed by atoms with Gasteiger partial charge in [-0.15, -0.1) is 4.73 Å². The molecule has 0 unspecified atom stereocenters. The van der Waals surface area contributed by atoms with Crippen LogP contribution in [0.5, 0.6) is 0 Å². The van der Waals surface area contributed by atoms with Crippen LogP contribution >= 0.6 is 0 Å². The zero-order chi connectivity index (χ0) is 21.6. The smallest absolute Gasteiger partial charge is 0.329 e. The quantitative estimate of drug-likeness (QED) is 0.360. The SMILES string of the molecule is O=C(On1c(C(F)(F)F)nc2c([N+](=O)[O-])cc(C(F)(F)F)cc21)c1ccccc1. The van der Waals surface area contributed by atoms with Crippen LogP contribution in [0.4, 0.5) is 32.0 Å². The summed E-state index contributed by atoms with van der Waals surface area (Å²) in [5, 5.41) is 11.1. The number of carbonyl (C=O) groups excluding carboxylic acids is 1. The van der Waals surface area contributed by atoms with Crippen LogP contribution in [0.15, 0.2) is 42.5 Å². The van der Waals surface area contributed by atoms with Crippen molar-refractivity contribution < 1.29 is 40.9 Å². The third-order valence-electron chi connectivity index (χ3n) is 3.66. The maximum atomic E-state index is 13.3. The molecule has 7 nitrogen and oxygen atoms in total. The predicted octanol–water partition coefficient (Wildman–Crippen LogP) is 4.25. The number of nitro groups is 1. The molecule has 0 aliphatic carbocycles. The number of non-ortho nitro benzene ring substituents is 1. The first-order valence-electron chi connectivity index (χ1n) is 7.52. The van der Waals surface area contributed by atoms with Crippen LogP contribution in [0.2, 0.25) is 0 Å². The van der Waals surface area contributed by atoms with Crippen LogP contribution in [0.1, 0.15) is 21.7 Å². The molecule has 0 fully saturated rings. The topological polar surface area (TPSA) is 87.3 Å². The number of nitrogens with zero attached hydrogens (tertiary/aromatic N) is 3. The summed E-state index contributed by atoms with van der Waals surface area (Å²) < 4.78 is 79.0. The second-order valence-electron chi connectivity index (χ2n) is 5.59. The Labute approximate surface area is 156 Å². The molecule has 29 heavy (non-hydrogen) atoms. The maximum Gasteiger partial charge on any atom is 0.453 e. The number of carbonyl (C=O) groups is 1. The number of benzene rings is 2. The van der Waals surface area contributed by atoms with Gasteiger partial charge < -0.3 is 4.84 Å². The van der Waals surface area contributed by atoms with E-state index < -0.39 is 51.4 Å². The molecule has 0 aliphatic heterocycles. The molecule has 3 aromatic rings. The number of hydrogen-bond acceptors (Lipinski definition) is 5. The van der Waals surface area contributed by atoms with Crippen molar-refractivity contribution in [2.24, 2.45) is 0 Å². The number of fused-ring (bicyclic) bond motifs is 1. The Balaban J connectivity index is 2.29. The van der Waals surface area contributed by atoms with E-state index in [1.54, 1.807) is 0 Å². The number of nitro benzene ring substituents is 1. The van der Waals surface area contributed by atoms with Crippen molar-refractivity contribution in [2.75, 3.05) is 0 Å². The molecule has 13 heteroatoms. The molecule has 0 spiro atoms. The molecule has 0 radical (unpaired) electrons. The molecule has 0 saturated carbocycles. The first kappa shape index (κ1) is 20.1. The van der Waals surface area contributed by atoms with E-state index in [-0.39, 0.29) is 22.4 Å². The van der Waals surface area contributed by atoms with Crippen LogP contribution in [0.3, 0.4) is 0 Å². The van der Waals surface area contributed by atoms with Gasteiger partial charge in [0.15, 0.2) is 5.52 Å². The zero-order valence-corrected chi connectivity index (χ0v) is 13.8. The Morgan fingerprint density at radius 2 is 1.66 bits per heavy atom. The summed E-state index contributed by atoms with van der Waals surface area (Å²) in [4.78, 5) is 29.6. The molecule has 1 aromatic heterocycles. The van der Waals surface area contributed by atoms with Gasteiger partial charge >= 0.3 is 18.3 Å². The average molecular weight is 419 g/mol. The van der Waals surface area contributed by atoms with Gasteiger partial charge in [-0.2, -0.15) is 26.3 Å². The third-order valence-corrected chi connectivity index (χ3v) is 3.66. The number of halogens is 6. The molecule has 152 valence electrons. The van der Waals surface area contributed by atoms with E-state index in [4.69, 9.17) is 0 Å². The van der Waals surface area contributed by atoms with E-state index in [2.05, 4.69) is 9.82 Å². The number of imidazole rings is 1. The molecule has 3 rings (SSSR count). The summed E-state index contributed by atoms with van der Waals surface area (Å²) in [6.45, 7) is 0. The van der Waals surface area contributed by atoms with Crippen molar-refractivity contribution >= 4 is 22.7 Å². The van der Waals surface area contributed by atoms with Gasteiger partial charge in [-0.05, 0) is 18.2 Å². The summed E-state index contributed by atoms with van der Waals surface area (Å²) in [5.41, 5.74) is -5.19. The van der Waals surface area contributed by atoms with Crippen molar-refractivity contribution in [3.63, 3.8) is 0 Å². The van der Waals surface area contributed by atoms with E-state index in [1.165, 1.54) is 30.3 Å². The molecule has 0 N–H and O–H groups in total. The normalized spacial score (nSPS) is 12.2.